The van der Waals surface area contributed by atoms with Crippen LogP contribution >= 0.6 is 0 Å². The van der Waals surface area contributed by atoms with Crippen LogP contribution < -0.4 is 10.6 Å². The number of aliphatic carboxylic acids is 1. The molecule has 0 bridgehead atoms. The molecule has 5 heteroatoms. The fraction of sp³-hybridized carbons (Fsp3) is 0.867. The van der Waals surface area contributed by atoms with Crippen molar-refractivity contribution in [3.63, 3.8) is 0 Å². The van der Waals surface area contributed by atoms with E-state index in [4.69, 9.17) is 5.11 Å². The van der Waals surface area contributed by atoms with E-state index >= 15 is 0 Å². The number of carboxylic acids is 1. The van der Waals surface area contributed by atoms with Crippen molar-refractivity contribution in [2.24, 2.45) is 11.8 Å². The van der Waals surface area contributed by atoms with E-state index in [1.807, 2.05) is 6.92 Å². The smallest absolute Gasteiger partial charge is 0.315 e. The Balaban J connectivity index is 2.31. The largest absolute Gasteiger partial charge is 0.481 e. The number of hydrogen-bond donors (Lipinski definition) is 3. The molecule has 0 aliphatic heterocycles. The van der Waals surface area contributed by atoms with E-state index in [0.717, 1.165) is 6.42 Å². The summed E-state index contributed by atoms with van der Waals surface area (Å²) in [7, 11) is 0. The third-order valence-electron chi connectivity index (χ3n) is 4.21. The second-order valence-corrected chi connectivity index (χ2v) is 5.96. The zero-order valence-corrected chi connectivity index (χ0v) is 12.7. The van der Waals surface area contributed by atoms with Gasteiger partial charge in [-0.25, -0.2) is 4.79 Å². The fourth-order valence-corrected chi connectivity index (χ4v) is 2.94. The maximum absolute atomic E-state index is 11.8. The molecule has 0 heterocycles. The third kappa shape index (κ3) is 6.26. The first-order valence-electron chi connectivity index (χ1n) is 7.79. The van der Waals surface area contributed by atoms with Crippen LogP contribution in [0.1, 0.15) is 58.8 Å². The SMILES string of the molecule is CCCC(CC(=O)O)NC(=O)NCC1CCCCC1C. The van der Waals surface area contributed by atoms with Crippen LogP contribution in [-0.4, -0.2) is 29.7 Å². The number of hydrogen-bond acceptors (Lipinski definition) is 2. The van der Waals surface area contributed by atoms with Crippen LogP contribution in [0.25, 0.3) is 0 Å². The minimum atomic E-state index is -0.871. The summed E-state index contributed by atoms with van der Waals surface area (Å²) >= 11 is 0. The van der Waals surface area contributed by atoms with E-state index in [-0.39, 0.29) is 18.5 Å². The van der Waals surface area contributed by atoms with Gasteiger partial charge in [0.2, 0.25) is 0 Å². The monoisotopic (exact) mass is 284 g/mol. The lowest BCUT2D eigenvalue weighted by molar-refractivity contribution is -0.137. The summed E-state index contributed by atoms with van der Waals surface area (Å²) < 4.78 is 0. The highest BCUT2D eigenvalue weighted by molar-refractivity contribution is 5.75. The lowest BCUT2D eigenvalue weighted by Gasteiger charge is -2.29. The Kier molecular flexibility index (Phi) is 7.41. The molecule has 1 aliphatic carbocycles. The van der Waals surface area contributed by atoms with Crippen molar-refractivity contribution in [2.45, 2.75) is 64.8 Å². The predicted octanol–water partition coefficient (Wildman–Crippen LogP) is 2.76. The highest BCUT2D eigenvalue weighted by Gasteiger charge is 2.22. The Morgan fingerprint density at radius 3 is 2.60 bits per heavy atom. The van der Waals surface area contributed by atoms with Crippen molar-refractivity contribution in [3.8, 4) is 0 Å². The van der Waals surface area contributed by atoms with Gasteiger partial charge in [0.05, 0.1) is 6.42 Å². The predicted molar refractivity (Wildman–Crippen MR) is 78.6 cm³/mol. The fourth-order valence-electron chi connectivity index (χ4n) is 2.94. The van der Waals surface area contributed by atoms with E-state index in [1.54, 1.807) is 0 Å². The highest BCUT2D eigenvalue weighted by atomic mass is 16.4. The van der Waals surface area contributed by atoms with Gasteiger partial charge in [-0.15, -0.1) is 0 Å². The number of carboxylic acid groups (broad SMARTS) is 1. The van der Waals surface area contributed by atoms with Gasteiger partial charge in [-0.05, 0) is 24.7 Å². The Morgan fingerprint density at radius 2 is 2.00 bits per heavy atom. The van der Waals surface area contributed by atoms with Crippen LogP contribution in [0.2, 0.25) is 0 Å². The quantitative estimate of drug-likeness (QED) is 0.672. The maximum Gasteiger partial charge on any atom is 0.315 e. The summed E-state index contributed by atoms with van der Waals surface area (Å²) in [6, 6.07) is -0.510. The highest BCUT2D eigenvalue weighted by Crippen LogP contribution is 2.28. The van der Waals surface area contributed by atoms with E-state index in [1.165, 1.54) is 25.7 Å². The second-order valence-electron chi connectivity index (χ2n) is 5.96. The van der Waals surface area contributed by atoms with Crippen molar-refractivity contribution >= 4 is 12.0 Å². The summed E-state index contributed by atoms with van der Waals surface area (Å²) in [6.45, 7) is 4.92. The number of amides is 2. The molecule has 0 saturated heterocycles. The van der Waals surface area contributed by atoms with Crippen molar-refractivity contribution in [1.29, 1.82) is 0 Å². The number of urea groups is 1. The summed E-state index contributed by atoms with van der Waals surface area (Å²) in [5.74, 6) is 0.345. The van der Waals surface area contributed by atoms with Crippen LogP contribution in [0, 0.1) is 11.8 Å². The van der Waals surface area contributed by atoms with Crippen molar-refractivity contribution in [3.05, 3.63) is 0 Å². The molecule has 3 atom stereocenters. The molecule has 1 fully saturated rings. The van der Waals surface area contributed by atoms with E-state index in [0.29, 0.717) is 24.8 Å². The van der Waals surface area contributed by atoms with E-state index in [9.17, 15) is 9.59 Å². The Morgan fingerprint density at radius 1 is 1.30 bits per heavy atom. The summed E-state index contributed by atoms with van der Waals surface area (Å²) in [6.07, 6.45) is 6.50. The molecule has 20 heavy (non-hydrogen) atoms. The molecule has 5 nitrogen and oxygen atoms in total. The average Bonchev–Trinajstić information content (AvgIpc) is 2.37. The van der Waals surface area contributed by atoms with Crippen LogP contribution in [0.15, 0.2) is 0 Å². The first-order chi connectivity index (χ1) is 9.52. The molecule has 0 radical (unpaired) electrons. The van der Waals surface area contributed by atoms with Crippen LogP contribution in [0.5, 0.6) is 0 Å². The summed E-state index contributed by atoms with van der Waals surface area (Å²) in [5, 5.41) is 14.5. The summed E-state index contributed by atoms with van der Waals surface area (Å²) in [4.78, 5) is 22.6. The molecular formula is C15H28N2O3. The summed E-state index contributed by atoms with van der Waals surface area (Å²) in [5.41, 5.74) is 0. The standard InChI is InChI=1S/C15H28N2O3/c1-3-6-13(9-14(18)19)17-15(20)16-10-12-8-5-4-7-11(12)2/h11-13H,3-10H2,1-2H3,(H,18,19)(H2,16,17,20). The minimum absolute atomic E-state index is 0.0128. The van der Waals surface area contributed by atoms with Gasteiger partial charge in [0.15, 0.2) is 0 Å². The molecule has 1 rings (SSSR count). The van der Waals surface area contributed by atoms with E-state index in [2.05, 4.69) is 17.6 Å². The molecule has 3 N–H and O–H groups in total. The number of nitrogens with one attached hydrogen (secondary N) is 2. The Hall–Kier alpha value is -1.26. The first-order valence-corrected chi connectivity index (χ1v) is 7.79. The minimum Gasteiger partial charge on any atom is -0.481 e. The zero-order chi connectivity index (χ0) is 15.0. The number of carbonyl (C=O) groups excluding carboxylic acids is 1. The van der Waals surface area contributed by atoms with Crippen LogP contribution in [0.3, 0.4) is 0 Å². The normalized spacial score (nSPS) is 23.9. The van der Waals surface area contributed by atoms with E-state index < -0.39 is 5.97 Å². The molecule has 0 spiro atoms. The molecule has 2 amide bonds. The van der Waals surface area contributed by atoms with Crippen LogP contribution in [0.4, 0.5) is 4.79 Å². The van der Waals surface area contributed by atoms with Gasteiger partial charge in [-0.1, -0.05) is 39.5 Å². The molecule has 0 aromatic heterocycles. The van der Waals surface area contributed by atoms with Crippen LogP contribution in [-0.2, 0) is 4.79 Å². The molecule has 1 saturated carbocycles. The number of carbonyl (C=O) groups is 2. The number of rotatable bonds is 7. The van der Waals surface area contributed by atoms with Gasteiger partial charge in [0.1, 0.15) is 0 Å². The second kappa shape index (κ2) is 8.82. The zero-order valence-electron chi connectivity index (χ0n) is 12.7. The molecule has 1 aliphatic rings. The van der Waals surface area contributed by atoms with Gasteiger partial charge >= 0.3 is 12.0 Å². The maximum atomic E-state index is 11.8. The molecule has 0 aromatic rings. The lowest BCUT2D eigenvalue weighted by Crippen LogP contribution is -2.45. The lowest BCUT2D eigenvalue weighted by atomic mass is 9.80. The van der Waals surface area contributed by atoms with Gasteiger partial charge in [-0.2, -0.15) is 0 Å². The molecule has 116 valence electrons. The Bertz CT molecular complexity index is 320. The van der Waals surface area contributed by atoms with Crippen molar-refractivity contribution < 1.29 is 14.7 Å². The van der Waals surface area contributed by atoms with Crippen molar-refractivity contribution in [1.82, 2.24) is 10.6 Å². The molecule has 0 aromatic carbocycles. The average molecular weight is 284 g/mol. The topological polar surface area (TPSA) is 78.4 Å². The van der Waals surface area contributed by atoms with Gasteiger partial charge in [0, 0.05) is 12.6 Å². The van der Waals surface area contributed by atoms with Gasteiger partial charge < -0.3 is 15.7 Å². The Labute approximate surface area is 121 Å². The van der Waals surface area contributed by atoms with Gasteiger partial charge in [-0.3, -0.25) is 4.79 Å². The third-order valence-corrected chi connectivity index (χ3v) is 4.21. The molecular weight excluding hydrogens is 256 g/mol. The van der Waals surface area contributed by atoms with Crippen molar-refractivity contribution in [2.75, 3.05) is 6.54 Å². The van der Waals surface area contributed by atoms with Gasteiger partial charge in [0.25, 0.3) is 0 Å². The molecule has 3 unspecified atom stereocenters. The first kappa shape index (κ1) is 16.8.